The maximum atomic E-state index is 11.7. The minimum absolute atomic E-state index is 0.124. The van der Waals surface area contributed by atoms with Gasteiger partial charge < -0.3 is 14.4 Å². The first kappa shape index (κ1) is 17.4. The summed E-state index contributed by atoms with van der Waals surface area (Å²) < 4.78 is 10.5. The summed E-state index contributed by atoms with van der Waals surface area (Å²) in [6.45, 7) is 12.5. The average Bonchev–Trinajstić information content (AvgIpc) is 2.30. The van der Waals surface area contributed by atoms with Crippen LogP contribution < -0.4 is 0 Å². The maximum absolute atomic E-state index is 11.7. The number of hydrogen-bond acceptors (Lipinski definition) is 4. The van der Waals surface area contributed by atoms with Crippen molar-refractivity contribution in [3.63, 3.8) is 0 Å². The Balaban J connectivity index is 4.66. The van der Waals surface area contributed by atoms with Crippen molar-refractivity contribution in [2.75, 3.05) is 26.8 Å². The van der Waals surface area contributed by atoms with Gasteiger partial charge in [0.25, 0.3) is 0 Å². The minimum Gasteiger partial charge on any atom is -0.466 e. The van der Waals surface area contributed by atoms with Crippen molar-refractivity contribution in [2.45, 2.75) is 59.1 Å². The van der Waals surface area contributed by atoms with Gasteiger partial charge in [0.1, 0.15) is 0 Å². The second kappa shape index (κ2) is 8.48. The predicted octanol–water partition coefficient (Wildman–Crippen LogP) is 2.47. The number of rotatable bonds is 9. The number of carbonyl (C=O) groups is 1. The number of ether oxygens (including phenoxy) is 2. The molecule has 0 aliphatic carbocycles. The van der Waals surface area contributed by atoms with Crippen LogP contribution in [-0.4, -0.2) is 49.3 Å². The predicted molar refractivity (Wildman–Crippen MR) is 73.7 cm³/mol. The van der Waals surface area contributed by atoms with E-state index in [4.69, 9.17) is 9.47 Å². The molecule has 0 saturated heterocycles. The van der Waals surface area contributed by atoms with E-state index in [0.29, 0.717) is 13.0 Å². The largest absolute Gasteiger partial charge is 0.466 e. The van der Waals surface area contributed by atoms with E-state index in [9.17, 15) is 4.79 Å². The van der Waals surface area contributed by atoms with Crippen LogP contribution in [0.5, 0.6) is 0 Å². The molecule has 4 nitrogen and oxygen atoms in total. The van der Waals surface area contributed by atoms with Crippen LogP contribution in [-0.2, 0) is 14.3 Å². The Bertz CT molecular complexity index is 237. The Morgan fingerprint density at radius 1 is 1.22 bits per heavy atom. The molecule has 1 atom stereocenters. The zero-order chi connectivity index (χ0) is 14.2. The Labute approximate surface area is 112 Å². The van der Waals surface area contributed by atoms with Gasteiger partial charge in [0, 0.05) is 13.2 Å². The van der Waals surface area contributed by atoms with Gasteiger partial charge in [-0.05, 0) is 40.3 Å². The summed E-state index contributed by atoms with van der Waals surface area (Å²) in [7, 11) is 1.71. The van der Waals surface area contributed by atoms with Gasteiger partial charge in [-0.3, -0.25) is 4.79 Å². The van der Waals surface area contributed by atoms with Crippen LogP contribution in [0.25, 0.3) is 0 Å². The van der Waals surface area contributed by atoms with Gasteiger partial charge in [-0.25, -0.2) is 0 Å². The van der Waals surface area contributed by atoms with E-state index < -0.39 is 0 Å². The van der Waals surface area contributed by atoms with Crippen molar-refractivity contribution in [3.8, 4) is 0 Å². The molecular formula is C14H29NO3. The molecule has 0 fully saturated rings. The lowest BCUT2D eigenvalue weighted by Crippen LogP contribution is -2.42. The Morgan fingerprint density at radius 3 is 2.17 bits per heavy atom. The van der Waals surface area contributed by atoms with Gasteiger partial charge in [-0.15, -0.1) is 0 Å². The number of esters is 1. The molecular weight excluding hydrogens is 230 g/mol. The fourth-order valence-electron chi connectivity index (χ4n) is 2.13. The number of methoxy groups -OCH3 is 1. The van der Waals surface area contributed by atoms with Crippen LogP contribution in [0.4, 0.5) is 0 Å². The highest BCUT2D eigenvalue weighted by Crippen LogP contribution is 2.21. The van der Waals surface area contributed by atoms with Crippen molar-refractivity contribution in [1.29, 1.82) is 0 Å². The van der Waals surface area contributed by atoms with Gasteiger partial charge in [0.05, 0.1) is 18.6 Å². The van der Waals surface area contributed by atoms with E-state index in [1.165, 1.54) is 0 Å². The SMILES string of the molecule is CCOC(=O)CC(CC(C)(C)OC)N(CC)CC. The molecule has 0 aromatic carbocycles. The number of nitrogens with zero attached hydrogens (tertiary/aromatic N) is 1. The average molecular weight is 259 g/mol. The van der Waals surface area contributed by atoms with Crippen molar-refractivity contribution in [1.82, 2.24) is 4.90 Å². The van der Waals surface area contributed by atoms with Crippen molar-refractivity contribution in [3.05, 3.63) is 0 Å². The summed E-state index contributed by atoms with van der Waals surface area (Å²) in [5.74, 6) is -0.124. The topological polar surface area (TPSA) is 38.8 Å². The second-order valence-corrected chi connectivity index (χ2v) is 5.05. The highest BCUT2D eigenvalue weighted by atomic mass is 16.5. The third-order valence-corrected chi connectivity index (χ3v) is 3.32. The molecule has 0 spiro atoms. The lowest BCUT2D eigenvalue weighted by atomic mass is 9.95. The van der Waals surface area contributed by atoms with E-state index in [1.54, 1.807) is 7.11 Å². The van der Waals surface area contributed by atoms with Gasteiger partial charge in [-0.1, -0.05) is 13.8 Å². The maximum Gasteiger partial charge on any atom is 0.307 e. The quantitative estimate of drug-likeness (QED) is 0.596. The monoisotopic (exact) mass is 259 g/mol. The molecule has 108 valence electrons. The van der Waals surface area contributed by atoms with Gasteiger partial charge in [0.2, 0.25) is 0 Å². The first-order chi connectivity index (χ1) is 8.40. The molecule has 1 unspecified atom stereocenters. The van der Waals surface area contributed by atoms with E-state index >= 15 is 0 Å². The van der Waals surface area contributed by atoms with Gasteiger partial charge >= 0.3 is 5.97 Å². The van der Waals surface area contributed by atoms with Gasteiger partial charge in [-0.2, -0.15) is 0 Å². The number of hydrogen-bond donors (Lipinski definition) is 0. The molecule has 0 saturated carbocycles. The molecule has 0 aromatic rings. The van der Waals surface area contributed by atoms with E-state index in [2.05, 4.69) is 32.6 Å². The molecule has 0 radical (unpaired) electrons. The smallest absolute Gasteiger partial charge is 0.307 e. The van der Waals surface area contributed by atoms with E-state index in [-0.39, 0.29) is 17.6 Å². The molecule has 0 N–H and O–H groups in total. The molecule has 4 heteroatoms. The van der Waals surface area contributed by atoms with Gasteiger partial charge in [0.15, 0.2) is 0 Å². The highest BCUT2D eigenvalue weighted by Gasteiger charge is 2.28. The first-order valence-electron chi connectivity index (χ1n) is 6.84. The molecule has 0 aliphatic rings. The molecule has 0 heterocycles. The molecule has 0 aromatic heterocycles. The summed E-state index contributed by atoms with van der Waals surface area (Å²) >= 11 is 0. The Hall–Kier alpha value is -0.610. The van der Waals surface area contributed by atoms with Crippen LogP contribution in [0.3, 0.4) is 0 Å². The van der Waals surface area contributed by atoms with Crippen LogP contribution in [0.2, 0.25) is 0 Å². The van der Waals surface area contributed by atoms with Crippen LogP contribution in [0.15, 0.2) is 0 Å². The summed E-state index contributed by atoms with van der Waals surface area (Å²) in [6.07, 6.45) is 1.26. The first-order valence-corrected chi connectivity index (χ1v) is 6.84. The zero-order valence-corrected chi connectivity index (χ0v) is 12.8. The summed E-state index contributed by atoms with van der Waals surface area (Å²) in [6, 6.07) is 0.175. The fraction of sp³-hybridized carbons (Fsp3) is 0.929. The Morgan fingerprint density at radius 2 is 1.78 bits per heavy atom. The van der Waals surface area contributed by atoms with Crippen molar-refractivity contribution >= 4 is 5.97 Å². The van der Waals surface area contributed by atoms with E-state index in [0.717, 1.165) is 19.5 Å². The standard InChI is InChI=1S/C14H29NO3/c1-7-15(8-2)12(10-13(16)18-9-3)11-14(4,5)17-6/h12H,7-11H2,1-6H3. The molecule has 0 aliphatic heterocycles. The minimum atomic E-state index is -0.222. The number of carbonyl (C=O) groups excluding carboxylic acids is 1. The lowest BCUT2D eigenvalue weighted by Gasteiger charge is -2.35. The second-order valence-electron chi connectivity index (χ2n) is 5.05. The molecule has 0 rings (SSSR count). The van der Waals surface area contributed by atoms with Crippen LogP contribution in [0, 0.1) is 0 Å². The third kappa shape index (κ3) is 6.36. The van der Waals surface area contributed by atoms with E-state index in [1.807, 2.05) is 6.92 Å². The summed E-state index contributed by atoms with van der Waals surface area (Å²) in [5, 5.41) is 0. The normalized spacial score (nSPS) is 13.7. The zero-order valence-electron chi connectivity index (χ0n) is 12.8. The van der Waals surface area contributed by atoms with Crippen molar-refractivity contribution in [2.24, 2.45) is 0 Å². The van der Waals surface area contributed by atoms with Crippen LogP contribution >= 0.6 is 0 Å². The Kier molecular flexibility index (Phi) is 8.20. The molecule has 18 heavy (non-hydrogen) atoms. The highest BCUT2D eigenvalue weighted by molar-refractivity contribution is 5.70. The van der Waals surface area contributed by atoms with Crippen molar-refractivity contribution < 1.29 is 14.3 Å². The fourth-order valence-corrected chi connectivity index (χ4v) is 2.13. The molecule has 0 bridgehead atoms. The molecule has 0 amide bonds. The van der Waals surface area contributed by atoms with Crippen LogP contribution in [0.1, 0.15) is 47.5 Å². The summed E-state index contributed by atoms with van der Waals surface area (Å²) in [5.41, 5.74) is -0.222. The lowest BCUT2D eigenvalue weighted by molar-refractivity contribution is -0.145. The summed E-state index contributed by atoms with van der Waals surface area (Å²) in [4.78, 5) is 14.0. The third-order valence-electron chi connectivity index (χ3n) is 3.32.